The lowest BCUT2D eigenvalue weighted by Gasteiger charge is -2.21. The first-order valence-electron chi connectivity index (χ1n) is 6.97. The van der Waals surface area contributed by atoms with Gasteiger partial charge in [0.25, 0.3) is 0 Å². The summed E-state index contributed by atoms with van der Waals surface area (Å²) in [6.07, 6.45) is 1.01. The van der Waals surface area contributed by atoms with Gasteiger partial charge in [-0.2, -0.15) is 5.26 Å². The maximum atomic E-state index is 14.0. The Labute approximate surface area is 119 Å². The standard InChI is InChI=1S/C15H20FN3O/c16-15-13(11-17)3-1-4-14(15)12-19-6-2-5-18(7-8-19)9-10-20/h1,3-4,20H,2,5-10,12H2. The van der Waals surface area contributed by atoms with Crippen molar-refractivity contribution < 1.29 is 9.50 Å². The first-order valence-corrected chi connectivity index (χ1v) is 6.97. The Morgan fingerprint density at radius 3 is 2.70 bits per heavy atom. The predicted octanol–water partition coefficient (Wildman–Crippen LogP) is 1.20. The van der Waals surface area contributed by atoms with Crippen LogP contribution < -0.4 is 0 Å². The topological polar surface area (TPSA) is 50.5 Å². The molecule has 0 spiro atoms. The normalized spacial score (nSPS) is 17.6. The van der Waals surface area contributed by atoms with Crippen LogP contribution in [0, 0.1) is 17.1 Å². The SMILES string of the molecule is N#Cc1cccc(CN2CCCN(CCO)CC2)c1F. The number of nitriles is 1. The van der Waals surface area contributed by atoms with Gasteiger partial charge in [-0.05, 0) is 25.6 Å². The fourth-order valence-electron chi connectivity index (χ4n) is 2.58. The van der Waals surface area contributed by atoms with Crippen molar-refractivity contribution in [2.45, 2.75) is 13.0 Å². The summed E-state index contributed by atoms with van der Waals surface area (Å²) in [5, 5.41) is 17.8. The van der Waals surface area contributed by atoms with Crippen molar-refractivity contribution in [1.29, 1.82) is 5.26 Å². The van der Waals surface area contributed by atoms with E-state index in [0.717, 1.165) is 32.6 Å². The number of hydrogen-bond acceptors (Lipinski definition) is 4. The summed E-state index contributed by atoms with van der Waals surface area (Å²) in [5.41, 5.74) is 0.693. The van der Waals surface area contributed by atoms with Gasteiger partial charge in [0, 0.05) is 31.7 Å². The molecule has 1 fully saturated rings. The van der Waals surface area contributed by atoms with Crippen LogP contribution in [0.3, 0.4) is 0 Å². The third-order valence-electron chi connectivity index (χ3n) is 3.69. The van der Waals surface area contributed by atoms with Gasteiger partial charge in [-0.25, -0.2) is 4.39 Å². The summed E-state index contributed by atoms with van der Waals surface area (Å²) in [5.74, 6) is -0.397. The Hall–Kier alpha value is -1.48. The molecule has 0 aliphatic carbocycles. The van der Waals surface area contributed by atoms with Crippen molar-refractivity contribution in [3.8, 4) is 6.07 Å². The van der Waals surface area contributed by atoms with Gasteiger partial charge in [0.1, 0.15) is 11.9 Å². The van der Waals surface area contributed by atoms with E-state index in [1.165, 1.54) is 6.07 Å². The van der Waals surface area contributed by atoms with E-state index in [4.69, 9.17) is 10.4 Å². The second-order valence-corrected chi connectivity index (χ2v) is 5.09. The quantitative estimate of drug-likeness (QED) is 0.898. The van der Waals surface area contributed by atoms with Gasteiger partial charge in [-0.1, -0.05) is 12.1 Å². The van der Waals surface area contributed by atoms with Crippen molar-refractivity contribution in [3.63, 3.8) is 0 Å². The van der Waals surface area contributed by atoms with Crippen LogP contribution in [0.15, 0.2) is 18.2 Å². The number of nitrogens with zero attached hydrogens (tertiary/aromatic N) is 3. The highest BCUT2D eigenvalue weighted by Gasteiger charge is 2.16. The van der Waals surface area contributed by atoms with E-state index in [-0.39, 0.29) is 12.2 Å². The van der Waals surface area contributed by atoms with Gasteiger partial charge in [-0.3, -0.25) is 9.80 Å². The van der Waals surface area contributed by atoms with Crippen LogP contribution in [0.1, 0.15) is 17.5 Å². The first kappa shape index (κ1) is 14.9. The molecule has 0 unspecified atom stereocenters. The fourth-order valence-corrected chi connectivity index (χ4v) is 2.58. The van der Waals surface area contributed by atoms with Gasteiger partial charge in [0.2, 0.25) is 0 Å². The van der Waals surface area contributed by atoms with Crippen LogP contribution in [0.25, 0.3) is 0 Å². The summed E-state index contributed by atoms with van der Waals surface area (Å²) < 4.78 is 14.0. The Morgan fingerprint density at radius 2 is 1.95 bits per heavy atom. The van der Waals surface area contributed by atoms with E-state index < -0.39 is 5.82 Å². The zero-order valence-corrected chi connectivity index (χ0v) is 11.6. The summed E-state index contributed by atoms with van der Waals surface area (Å²) in [6.45, 7) is 5.05. The smallest absolute Gasteiger partial charge is 0.145 e. The van der Waals surface area contributed by atoms with E-state index in [0.29, 0.717) is 18.7 Å². The minimum atomic E-state index is -0.397. The Kier molecular flexibility index (Phi) is 5.48. The summed E-state index contributed by atoms with van der Waals surface area (Å²) >= 11 is 0. The molecule has 5 heteroatoms. The zero-order valence-electron chi connectivity index (χ0n) is 11.6. The molecule has 1 aliphatic rings. The van der Waals surface area contributed by atoms with Gasteiger partial charge in [0.05, 0.1) is 12.2 Å². The van der Waals surface area contributed by atoms with Gasteiger partial charge in [0.15, 0.2) is 0 Å². The average molecular weight is 277 g/mol. The van der Waals surface area contributed by atoms with Crippen LogP contribution in [0.2, 0.25) is 0 Å². The molecule has 1 saturated heterocycles. The number of aliphatic hydroxyl groups excluding tert-OH is 1. The molecule has 1 aliphatic heterocycles. The summed E-state index contributed by atoms with van der Waals surface area (Å²) in [6, 6.07) is 6.86. The molecule has 0 atom stereocenters. The molecule has 1 N–H and O–H groups in total. The Bertz CT molecular complexity index is 486. The Balaban J connectivity index is 1.99. The van der Waals surface area contributed by atoms with Crippen molar-refractivity contribution in [2.75, 3.05) is 39.3 Å². The van der Waals surface area contributed by atoms with Gasteiger partial charge in [-0.15, -0.1) is 0 Å². The average Bonchev–Trinajstić information content (AvgIpc) is 2.67. The van der Waals surface area contributed by atoms with Crippen LogP contribution in [0.5, 0.6) is 0 Å². The molecular formula is C15H20FN3O. The minimum absolute atomic E-state index is 0.110. The lowest BCUT2D eigenvalue weighted by Crippen LogP contribution is -2.32. The summed E-state index contributed by atoms with van der Waals surface area (Å²) in [7, 11) is 0. The second kappa shape index (κ2) is 7.34. The monoisotopic (exact) mass is 277 g/mol. The first-order chi connectivity index (χ1) is 9.74. The van der Waals surface area contributed by atoms with Crippen LogP contribution in [-0.4, -0.2) is 54.2 Å². The van der Waals surface area contributed by atoms with Crippen molar-refractivity contribution in [1.82, 2.24) is 9.80 Å². The maximum Gasteiger partial charge on any atom is 0.145 e. The maximum absolute atomic E-state index is 14.0. The molecule has 0 aromatic heterocycles. The number of benzene rings is 1. The molecule has 1 aromatic rings. The largest absolute Gasteiger partial charge is 0.395 e. The lowest BCUT2D eigenvalue weighted by molar-refractivity contribution is 0.195. The molecule has 1 aromatic carbocycles. The third-order valence-corrected chi connectivity index (χ3v) is 3.69. The zero-order chi connectivity index (χ0) is 14.4. The molecule has 0 saturated carbocycles. The number of rotatable bonds is 4. The van der Waals surface area contributed by atoms with E-state index >= 15 is 0 Å². The van der Waals surface area contributed by atoms with E-state index in [1.54, 1.807) is 12.1 Å². The van der Waals surface area contributed by atoms with Crippen molar-refractivity contribution in [3.05, 3.63) is 35.1 Å². The number of hydrogen-bond donors (Lipinski definition) is 1. The highest BCUT2D eigenvalue weighted by Crippen LogP contribution is 2.15. The van der Waals surface area contributed by atoms with Gasteiger partial charge < -0.3 is 5.11 Å². The molecule has 0 radical (unpaired) electrons. The van der Waals surface area contributed by atoms with E-state index in [9.17, 15) is 4.39 Å². The molecule has 1 heterocycles. The van der Waals surface area contributed by atoms with Gasteiger partial charge >= 0.3 is 0 Å². The number of halogens is 1. The van der Waals surface area contributed by atoms with Crippen LogP contribution >= 0.6 is 0 Å². The fraction of sp³-hybridized carbons (Fsp3) is 0.533. The molecule has 0 bridgehead atoms. The molecule has 108 valence electrons. The third kappa shape index (κ3) is 3.76. The highest BCUT2D eigenvalue weighted by atomic mass is 19.1. The Morgan fingerprint density at radius 1 is 1.20 bits per heavy atom. The highest BCUT2D eigenvalue weighted by molar-refractivity contribution is 5.34. The predicted molar refractivity (Wildman–Crippen MR) is 74.5 cm³/mol. The van der Waals surface area contributed by atoms with Crippen molar-refractivity contribution >= 4 is 0 Å². The molecule has 2 rings (SSSR count). The van der Waals surface area contributed by atoms with Crippen LogP contribution in [0.4, 0.5) is 4.39 Å². The number of β-amino-alcohol motifs (C(OH)–C–C–N with tert-alkyl or cyclic N) is 1. The van der Waals surface area contributed by atoms with Crippen LogP contribution in [-0.2, 0) is 6.54 Å². The second-order valence-electron chi connectivity index (χ2n) is 5.09. The lowest BCUT2D eigenvalue weighted by atomic mass is 10.1. The molecule has 20 heavy (non-hydrogen) atoms. The minimum Gasteiger partial charge on any atom is -0.395 e. The van der Waals surface area contributed by atoms with Crippen molar-refractivity contribution in [2.24, 2.45) is 0 Å². The molecular weight excluding hydrogens is 257 g/mol. The van der Waals surface area contributed by atoms with E-state index in [1.807, 2.05) is 6.07 Å². The molecule has 4 nitrogen and oxygen atoms in total. The molecule has 0 amide bonds. The summed E-state index contributed by atoms with van der Waals surface area (Å²) in [4.78, 5) is 4.43. The van der Waals surface area contributed by atoms with E-state index in [2.05, 4.69) is 9.80 Å². The number of aliphatic hydroxyl groups is 1.